The van der Waals surface area contributed by atoms with E-state index in [1.165, 1.54) is 30.4 Å². The van der Waals surface area contributed by atoms with Gasteiger partial charge in [0.2, 0.25) is 0 Å². The van der Waals surface area contributed by atoms with E-state index < -0.39 is 0 Å². The maximum atomic E-state index is 9.53. The quantitative estimate of drug-likeness (QED) is 0.920. The molecule has 0 aromatic heterocycles. The summed E-state index contributed by atoms with van der Waals surface area (Å²) in [6, 6.07) is 18.4. The van der Waals surface area contributed by atoms with Crippen LogP contribution in [-0.4, -0.2) is 23.1 Å². The second-order valence-electron chi connectivity index (χ2n) is 6.08. The summed E-state index contributed by atoms with van der Waals surface area (Å²) in [5.41, 5.74) is 2.67. The van der Waals surface area contributed by atoms with Gasteiger partial charge in [0, 0.05) is 6.54 Å². The van der Waals surface area contributed by atoms with Gasteiger partial charge in [-0.1, -0.05) is 42.5 Å². The van der Waals surface area contributed by atoms with Crippen LogP contribution in [0.4, 0.5) is 0 Å². The Balaban J connectivity index is 1.49. The largest absolute Gasteiger partial charge is 0.508 e. The van der Waals surface area contributed by atoms with Gasteiger partial charge in [0.1, 0.15) is 5.75 Å². The van der Waals surface area contributed by atoms with E-state index in [2.05, 4.69) is 41.3 Å². The molecule has 2 nitrogen and oxygen atoms in total. The van der Waals surface area contributed by atoms with E-state index in [1.54, 1.807) is 6.07 Å². The topological polar surface area (TPSA) is 23.5 Å². The molecule has 0 unspecified atom stereocenters. The normalized spacial score (nSPS) is 17.0. The Morgan fingerprint density at radius 2 is 1.62 bits per heavy atom. The molecular weight excluding hydrogens is 258 g/mol. The van der Waals surface area contributed by atoms with Gasteiger partial charge in [-0.2, -0.15) is 0 Å². The Kier molecular flexibility index (Phi) is 4.56. The van der Waals surface area contributed by atoms with Crippen LogP contribution in [0, 0.1) is 5.92 Å². The minimum absolute atomic E-state index is 0.367. The number of piperidine rings is 1. The van der Waals surface area contributed by atoms with Gasteiger partial charge in [-0.25, -0.2) is 0 Å². The summed E-state index contributed by atoms with van der Waals surface area (Å²) in [7, 11) is 0. The molecule has 1 fully saturated rings. The van der Waals surface area contributed by atoms with Crippen LogP contribution in [0.15, 0.2) is 54.6 Å². The van der Waals surface area contributed by atoms with Gasteiger partial charge in [0.05, 0.1) is 0 Å². The summed E-state index contributed by atoms with van der Waals surface area (Å²) in [5, 5.41) is 9.53. The molecule has 1 N–H and O–H groups in total. The lowest BCUT2D eigenvalue weighted by Crippen LogP contribution is -2.33. The Labute approximate surface area is 127 Å². The molecule has 2 heteroatoms. The fourth-order valence-corrected chi connectivity index (χ4v) is 3.21. The molecule has 1 heterocycles. The molecular formula is C19H23NO. The number of hydrogen-bond acceptors (Lipinski definition) is 2. The van der Waals surface area contributed by atoms with Gasteiger partial charge >= 0.3 is 0 Å². The SMILES string of the molecule is Oc1cccc(CN2CCC(Cc3ccccc3)CC2)c1. The molecule has 0 amide bonds. The summed E-state index contributed by atoms with van der Waals surface area (Å²) in [4.78, 5) is 2.50. The van der Waals surface area contributed by atoms with Crippen LogP contribution in [0.3, 0.4) is 0 Å². The zero-order chi connectivity index (χ0) is 14.5. The molecule has 0 saturated carbocycles. The predicted molar refractivity (Wildman–Crippen MR) is 86.3 cm³/mol. The molecule has 1 aliphatic rings. The number of phenols is 1. The highest BCUT2D eigenvalue weighted by molar-refractivity contribution is 5.27. The average Bonchev–Trinajstić information content (AvgIpc) is 2.50. The Morgan fingerprint density at radius 1 is 0.905 bits per heavy atom. The monoisotopic (exact) mass is 281 g/mol. The van der Waals surface area contributed by atoms with E-state index >= 15 is 0 Å². The van der Waals surface area contributed by atoms with E-state index in [-0.39, 0.29) is 0 Å². The maximum Gasteiger partial charge on any atom is 0.115 e. The standard InChI is InChI=1S/C19H23NO/c21-19-8-4-7-18(14-19)15-20-11-9-17(10-12-20)13-16-5-2-1-3-6-16/h1-8,14,17,21H,9-13,15H2. The van der Waals surface area contributed by atoms with Crippen molar-refractivity contribution in [3.8, 4) is 5.75 Å². The van der Waals surface area contributed by atoms with Gasteiger partial charge in [-0.05, 0) is 61.5 Å². The molecule has 21 heavy (non-hydrogen) atoms. The van der Waals surface area contributed by atoms with E-state index in [1.807, 2.05) is 12.1 Å². The van der Waals surface area contributed by atoms with Gasteiger partial charge in [0.25, 0.3) is 0 Å². The van der Waals surface area contributed by atoms with Crippen molar-refractivity contribution in [1.82, 2.24) is 4.90 Å². The van der Waals surface area contributed by atoms with E-state index in [0.29, 0.717) is 5.75 Å². The predicted octanol–water partition coefficient (Wildman–Crippen LogP) is 3.85. The van der Waals surface area contributed by atoms with Crippen molar-refractivity contribution >= 4 is 0 Å². The number of phenolic OH excluding ortho intramolecular Hbond substituents is 1. The lowest BCUT2D eigenvalue weighted by atomic mass is 9.90. The minimum Gasteiger partial charge on any atom is -0.508 e. The summed E-state index contributed by atoms with van der Waals surface area (Å²) in [6.07, 6.45) is 3.75. The minimum atomic E-state index is 0.367. The summed E-state index contributed by atoms with van der Waals surface area (Å²) in [6.45, 7) is 3.27. The third-order valence-electron chi connectivity index (χ3n) is 4.39. The fraction of sp³-hybridized carbons (Fsp3) is 0.368. The summed E-state index contributed by atoms with van der Waals surface area (Å²) in [5.74, 6) is 1.18. The van der Waals surface area contributed by atoms with Crippen LogP contribution < -0.4 is 0 Å². The van der Waals surface area contributed by atoms with Crippen molar-refractivity contribution < 1.29 is 5.11 Å². The van der Waals surface area contributed by atoms with Gasteiger partial charge in [0.15, 0.2) is 0 Å². The van der Waals surface area contributed by atoms with Gasteiger partial charge in [-0.15, -0.1) is 0 Å². The summed E-state index contributed by atoms with van der Waals surface area (Å²) >= 11 is 0. The summed E-state index contributed by atoms with van der Waals surface area (Å²) < 4.78 is 0. The van der Waals surface area contributed by atoms with E-state index in [4.69, 9.17) is 0 Å². The lowest BCUT2D eigenvalue weighted by Gasteiger charge is -2.32. The molecule has 0 bridgehead atoms. The molecule has 2 aromatic carbocycles. The average molecular weight is 281 g/mol. The molecule has 3 rings (SSSR count). The first-order valence-corrected chi connectivity index (χ1v) is 7.84. The smallest absolute Gasteiger partial charge is 0.115 e. The zero-order valence-electron chi connectivity index (χ0n) is 12.4. The number of nitrogens with zero attached hydrogens (tertiary/aromatic N) is 1. The molecule has 0 radical (unpaired) electrons. The van der Waals surface area contributed by atoms with Crippen LogP contribution in [0.25, 0.3) is 0 Å². The first-order valence-electron chi connectivity index (χ1n) is 7.84. The molecule has 0 aliphatic carbocycles. The highest BCUT2D eigenvalue weighted by Crippen LogP contribution is 2.23. The number of hydrogen-bond donors (Lipinski definition) is 1. The highest BCUT2D eigenvalue weighted by atomic mass is 16.3. The van der Waals surface area contributed by atoms with Crippen LogP contribution in [0.2, 0.25) is 0 Å². The van der Waals surface area contributed by atoms with Crippen molar-refractivity contribution in [2.45, 2.75) is 25.8 Å². The number of rotatable bonds is 4. The van der Waals surface area contributed by atoms with Gasteiger partial charge < -0.3 is 5.11 Å². The third kappa shape index (κ3) is 4.08. The number of aromatic hydroxyl groups is 1. The van der Waals surface area contributed by atoms with Crippen LogP contribution in [-0.2, 0) is 13.0 Å². The molecule has 1 aliphatic heterocycles. The van der Waals surface area contributed by atoms with Crippen molar-refractivity contribution in [2.24, 2.45) is 5.92 Å². The van der Waals surface area contributed by atoms with Crippen molar-refractivity contribution in [1.29, 1.82) is 0 Å². The van der Waals surface area contributed by atoms with E-state index in [9.17, 15) is 5.11 Å². The Hall–Kier alpha value is -1.80. The second-order valence-corrected chi connectivity index (χ2v) is 6.08. The molecule has 0 atom stereocenters. The number of likely N-dealkylation sites (tertiary alicyclic amines) is 1. The van der Waals surface area contributed by atoms with Crippen molar-refractivity contribution in [2.75, 3.05) is 13.1 Å². The highest BCUT2D eigenvalue weighted by Gasteiger charge is 2.19. The zero-order valence-corrected chi connectivity index (χ0v) is 12.4. The van der Waals surface area contributed by atoms with Crippen LogP contribution in [0.1, 0.15) is 24.0 Å². The van der Waals surface area contributed by atoms with Crippen LogP contribution in [0.5, 0.6) is 5.75 Å². The lowest BCUT2D eigenvalue weighted by molar-refractivity contribution is 0.177. The molecule has 0 spiro atoms. The third-order valence-corrected chi connectivity index (χ3v) is 4.39. The van der Waals surface area contributed by atoms with Gasteiger partial charge in [-0.3, -0.25) is 4.90 Å². The second kappa shape index (κ2) is 6.77. The Morgan fingerprint density at radius 3 is 2.33 bits per heavy atom. The molecule has 110 valence electrons. The maximum absolute atomic E-state index is 9.53. The van der Waals surface area contributed by atoms with Crippen molar-refractivity contribution in [3.05, 3.63) is 65.7 Å². The molecule has 1 saturated heterocycles. The Bertz CT molecular complexity index is 559. The van der Waals surface area contributed by atoms with Crippen molar-refractivity contribution in [3.63, 3.8) is 0 Å². The van der Waals surface area contributed by atoms with Crippen LogP contribution >= 0.6 is 0 Å². The fourth-order valence-electron chi connectivity index (χ4n) is 3.21. The number of benzene rings is 2. The first kappa shape index (κ1) is 14.2. The van der Waals surface area contributed by atoms with E-state index in [0.717, 1.165) is 25.6 Å². The first-order chi connectivity index (χ1) is 10.3. The molecule has 2 aromatic rings.